The maximum atomic E-state index is 13.0. The molecule has 1 aliphatic rings. The molecule has 3 aromatic heterocycles. The van der Waals surface area contributed by atoms with Crippen LogP contribution in [0.2, 0.25) is 0 Å². The highest BCUT2D eigenvalue weighted by atomic mass is 32.1. The predicted molar refractivity (Wildman–Crippen MR) is 104 cm³/mol. The molecule has 134 valence electrons. The molecule has 3 heterocycles. The fraction of sp³-hybridized carbons (Fsp3) is 0.200. The molecule has 7 heteroatoms. The summed E-state index contributed by atoms with van der Waals surface area (Å²) in [5, 5.41) is 10.1. The summed E-state index contributed by atoms with van der Waals surface area (Å²) in [6.07, 6.45) is 2.19. The molecule has 27 heavy (non-hydrogen) atoms. The Hall–Kier alpha value is -3.06. The van der Waals surface area contributed by atoms with Gasteiger partial charge in [0.15, 0.2) is 5.13 Å². The second kappa shape index (κ2) is 6.28. The highest BCUT2D eigenvalue weighted by molar-refractivity contribution is 7.14. The monoisotopic (exact) mass is 376 g/mol. The molecule has 0 saturated heterocycles. The number of amides is 1. The van der Waals surface area contributed by atoms with E-state index in [1.165, 1.54) is 11.3 Å². The topological polar surface area (TPSA) is 80.9 Å². The summed E-state index contributed by atoms with van der Waals surface area (Å²) in [5.74, 6) is 0.195. The third kappa shape index (κ3) is 3.00. The van der Waals surface area contributed by atoms with Crippen LogP contribution in [-0.2, 0) is 0 Å². The standard InChI is InChI=1S/C20H16N4O2S/c1-11-17-14(9-15(13-7-8-13)21-19(17)26-24-11)18(25)23-20-22-16(10-27-20)12-5-3-2-4-6-12/h2-6,9-10,13H,7-8H2,1H3,(H,22,23,25). The number of thiazole rings is 1. The Morgan fingerprint density at radius 3 is 2.81 bits per heavy atom. The van der Waals surface area contributed by atoms with Crippen LogP contribution < -0.4 is 5.32 Å². The van der Waals surface area contributed by atoms with Gasteiger partial charge in [-0.2, -0.15) is 0 Å². The SMILES string of the molecule is Cc1noc2nc(C3CC3)cc(C(=O)Nc3nc(-c4ccccc4)cs3)c12. The summed E-state index contributed by atoms with van der Waals surface area (Å²) in [6, 6.07) is 11.8. The van der Waals surface area contributed by atoms with Gasteiger partial charge in [-0.25, -0.2) is 9.97 Å². The van der Waals surface area contributed by atoms with Crippen molar-refractivity contribution in [2.75, 3.05) is 5.32 Å². The molecule has 1 saturated carbocycles. The van der Waals surface area contributed by atoms with Crippen LogP contribution in [0.4, 0.5) is 5.13 Å². The first-order valence-electron chi connectivity index (χ1n) is 8.78. The van der Waals surface area contributed by atoms with Gasteiger partial charge >= 0.3 is 0 Å². The summed E-state index contributed by atoms with van der Waals surface area (Å²) in [7, 11) is 0. The molecule has 1 amide bonds. The van der Waals surface area contributed by atoms with E-state index < -0.39 is 0 Å². The Labute approximate surface area is 159 Å². The minimum Gasteiger partial charge on any atom is -0.336 e. The van der Waals surface area contributed by atoms with E-state index in [4.69, 9.17) is 4.52 Å². The first-order chi connectivity index (χ1) is 13.2. The van der Waals surface area contributed by atoms with Gasteiger partial charge in [-0.3, -0.25) is 10.1 Å². The minimum absolute atomic E-state index is 0.218. The molecular formula is C20H16N4O2S. The molecule has 1 fully saturated rings. The van der Waals surface area contributed by atoms with Crippen molar-refractivity contribution in [2.45, 2.75) is 25.7 Å². The second-order valence-electron chi connectivity index (χ2n) is 6.68. The number of fused-ring (bicyclic) bond motifs is 1. The molecule has 1 N–H and O–H groups in total. The van der Waals surface area contributed by atoms with E-state index in [2.05, 4.69) is 20.4 Å². The number of rotatable bonds is 4. The lowest BCUT2D eigenvalue weighted by molar-refractivity contribution is 0.102. The summed E-state index contributed by atoms with van der Waals surface area (Å²) >= 11 is 1.40. The van der Waals surface area contributed by atoms with Crippen LogP contribution in [0.15, 0.2) is 46.3 Å². The van der Waals surface area contributed by atoms with E-state index in [-0.39, 0.29) is 5.91 Å². The van der Waals surface area contributed by atoms with Gasteiger partial charge in [-0.1, -0.05) is 35.5 Å². The number of carbonyl (C=O) groups excluding carboxylic acids is 1. The van der Waals surface area contributed by atoms with Crippen LogP contribution in [0.3, 0.4) is 0 Å². The van der Waals surface area contributed by atoms with Gasteiger partial charge in [0.25, 0.3) is 11.6 Å². The molecule has 0 unspecified atom stereocenters. The largest absolute Gasteiger partial charge is 0.336 e. The fourth-order valence-electron chi connectivity index (χ4n) is 3.12. The molecule has 0 radical (unpaired) electrons. The number of benzene rings is 1. The zero-order chi connectivity index (χ0) is 18.4. The van der Waals surface area contributed by atoms with Crippen LogP contribution in [-0.4, -0.2) is 21.0 Å². The average Bonchev–Trinajstić information content (AvgIpc) is 3.34. The smallest absolute Gasteiger partial charge is 0.259 e. The van der Waals surface area contributed by atoms with Crippen molar-refractivity contribution in [1.82, 2.24) is 15.1 Å². The summed E-state index contributed by atoms with van der Waals surface area (Å²) < 4.78 is 5.32. The normalized spacial score (nSPS) is 13.8. The van der Waals surface area contributed by atoms with Crippen LogP contribution >= 0.6 is 11.3 Å². The van der Waals surface area contributed by atoms with E-state index >= 15 is 0 Å². The number of nitrogens with zero attached hydrogens (tertiary/aromatic N) is 3. The quantitative estimate of drug-likeness (QED) is 0.554. The minimum atomic E-state index is -0.218. The Morgan fingerprint density at radius 1 is 1.22 bits per heavy atom. The van der Waals surface area contributed by atoms with E-state index in [0.29, 0.717) is 33.4 Å². The number of carbonyl (C=O) groups is 1. The first-order valence-corrected chi connectivity index (χ1v) is 9.66. The number of hydrogen-bond donors (Lipinski definition) is 1. The number of nitrogens with one attached hydrogen (secondary N) is 1. The molecule has 6 nitrogen and oxygen atoms in total. The van der Waals surface area contributed by atoms with Crippen LogP contribution in [0.5, 0.6) is 0 Å². The molecule has 0 aliphatic heterocycles. The molecule has 0 spiro atoms. The Balaban J connectivity index is 1.48. The van der Waals surface area contributed by atoms with Crippen LogP contribution in [0, 0.1) is 6.92 Å². The highest BCUT2D eigenvalue weighted by Gasteiger charge is 2.28. The van der Waals surface area contributed by atoms with Crippen molar-refractivity contribution in [2.24, 2.45) is 0 Å². The van der Waals surface area contributed by atoms with Gasteiger partial charge in [0, 0.05) is 22.6 Å². The fourth-order valence-corrected chi connectivity index (χ4v) is 3.83. The molecule has 1 aromatic carbocycles. The van der Waals surface area contributed by atoms with Crippen molar-refractivity contribution < 1.29 is 9.32 Å². The Kier molecular flexibility index (Phi) is 3.75. The van der Waals surface area contributed by atoms with Crippen molar-refractivity contribution >= 4 is 33.5 Å². The van der Waals surface area contributed by atoms with Gasteiger partial charge in [0.2, 0.25) is 0 Å². The van der Waals surface area contributed by atoms with Gasteiger partial charge < -0.3 is 4.52 Å². The van der Waals surface area contributed by atoms with Gasteiger partial charge in [0.05, 0.1) is 22.3 Å². The lowest BCUT2D eigenvalue weighted by atomic mass is 10.1. The number of anilines is 1. The Morgan fingerprint density at radius 2 is 2.04 bits per heavy atom. The number of hydrogen-bond acceptors (Lipinski definition) is 6. The number of aryl methyl sites for hydroxylation is 1. The summed E-state index contributed by atoms with van der Waals surface area (Å²) in [5.41, 5.74) is 4.38. The van der Waals surface area contributed by atoms with Gasteiger partial charge in [-0.15, -0.1) is 11.3 Å². The van der Waals surface area contributed by atoms with E-state index in [0.717, 1.165) is 29.8 Å². The predicted octanol–water partition coefficient (Wildman–Crippen LogP) is 4.78. The molecular weight excluding hydrogens is 360 g/mol. The van der Waals surface area contributed by atoms with E-state index in [9.17, 15) is 4.79 Å². The van der Waals surface area contributed by atoms with Crippen LogP contribution in [0.25, 0.3) is 22.4 Å². The van der Waals surface area contributed by atoms with Crippen LogP contribution in [0.1, 0.15) is 40.5 Å². The molecule has 1 aliphatic carbocycles. The number of aromatic nitrogens is 3. The van der Waals surface area contributed by atoms with E-state index in [1.54, 1.807) is 0 Å². The molecule has 0 bridgehead atoms. The van der Waals surface area contributed by atoms with Crippen molar-refractivity contribution in [3.63, 3.8) is 0 Å². The average molecular weight is 376 g/mol. The summed E-state index contributed by atoms with van der Waals surface area (Å²) in [6.45, 7) is 1.82. The lowest BCUT2D eigenvalue weighted by Gasteiger charge is -2.06. The lowest BCUT2D eigenvalue weighted by Crippen LogP contribution is -2.13. The van der Waals surface area contributed by atoms with Gasteiger partial charge in [-0.05, 0) is 25.8 Å². The Bertz CT molecular complexity index is 1150. The maximum absolute atomic E-state index is 13.0. The third-order valence-corrected chi connectivity index (χ3v) is 5.43. The molecule has 5 rings (SSSR count). The van der Waals surface area contributed by atoms with Crippen molar-refractivity contribution in [1.29, 1.82) is 0 Å². The van der Waals surface area contributed by atoms with Crippen molar-refractivity contribution in [3.8, 4) is 11.3 Å². The molecule has 4 aromatic rings. The van der Waals surface area contributed by atoms with Crippen molar-refractivity contribution in [3.05, 3.63) is 58.7 Å². The number of pyridine rings is 1. The first kappa shape index (κ1) is 16.1. The highest BCUT2D eigenvalue weighted by Crippen LogP contribution is 2.40. The second-order valence-corrected chi connectivity index (χ2v) is 7.53. The molecule has 0 atom stereocenters. The summed E-state index contributed by atoms with van der Waals surface area (Å²) in [4.78, 5) is 22.0. The zero-order valence-electron chi connectivity index (χ0n) is 14.6. The zero-order valence-corrected chi connectivity index (χ0v) is 15.4. The third-order valence-electron chi connectivity index (χ3n) is 4.67. The maximum Gasteiger partial charge on any atom is 0.259 e. The van der Waals surface area contributed by atoms with E-state index in [1.807, 2.05) is 48.7 Å². The van der Waals surface area contributed by atoms with Gasteiger partial charge in [0.1, 0.15) is 0 Å².